The number of aromatic nitrogens is 1. The number of carbonyl (C=O) groups excluding carboxylic acids is 1. The van der Waals surface area contributed by atoms with E-state index < -0.39 is 10.8 Å². The number of benzene rings is 3. The van der Waals surface area contributed by atoms with Gasteiger partial charge in [0.1, 0.15) is 5.52 Å². The third-order valence-corrected chi connectivity index (χ3v) is 4.36. The lowest BCUT2D eigenvalue weighted by molar-refractivity contribution is -0.385. The van der Waals surface area contributed by atoms with Crippen LogP contribution in [0.1, 0.15) is 5.56 Å². The number of nitro groups is 1. The Balaban J connectivity index is 1.46. The zero-order chi connectivity index (χ0) is 21.1. The van der Waals surface area contributed by atoms with Crippen molar-refractivity contribution >= 4 is 28.4 Å². The molecule has 30 heavy (non-hydrogen) atoms. The minimum atomic E-state index is -0.558. The maximum atomic E-state index is 12.2. The number of nitro benzene ring substituents is 1. The molecule has 150 valence electrons. The molecule has 0 saturated heterocycles. The number of nitrogens with one attached hydrogen (secondary N) is 1. The van der Waals surface area contributed by atoms with E-state index in [1.54, 1.807) is 24.3 Å². The normalized spacial score (nSPS) is 10.7. The quantitative estimate of drug-likeness (QED) is 0.368. The Morgan fingerprint density at radius 2 is 1.97 bits per heavy atom. The summed E-state index contributed by atoms with van der Waals surface area (Å²) in [4.78, 5) is 27.2. The van der Waals surface area contributed by atoms with E-state index in [1.165, 1.54) is 18.2 Å². The van der Waals surface area contributed by atoms with Crippen LogP contribution in [0.5, 0.6) is 5.75 Å². The third-order valence-electron chi connectivity index (χ3n) is 4.36. The molecule has 3 aromatic carbocycles. The zero-order valence-corrected chi connectivity index (χ0v) is 16.0. The minimum Gasteiger partial charge on any atom is -0.477 e. The fraction of sp³-hybridized carbons (Fsp3) is 0.0909. The van der Waals surface area contributed by atoms with E-state index in [4.69, 9.17) is 9.15 Å². The molecule has 0 spiro atoms. The molecule has 0 fully saturated rings. The Labute approximate surface area is 171 Å². The van der Waals surface area contributed by atoms with Crippen molar-refractivity contribution in [2.75, 3.05) is 11.9 Å². The van der Waals surface area contributed by atoms with Gasteiger partial charge in [-0.05, 0) is 43.3 Å². The lowest BCUT2D eigenvalue weighted by Gasteiger charge is -2.07. The fourth-order valence-electron chi connectivity index (χ4n) is 2.98. The van der Waals surface area contributed by atoms with Crippen LogP contribution >= 0.6 is 0 Å². The summed E-state index contributed by atoms with van der Waals surface area (Å²) in [6.07, 6.45) is 0. The summed E-state index contributed by atoms with van der Waals surface area (Å²) in [5.41, 5.74) is 3.49. The summed E-state index contributed by atoms with van der Waals surface area (Å²) < 4.78 is 11.1. The van der Waals surface area contributed by atoms with Crippen molar-refractivity contribution in [2.24, 2.45) is 0 Å². The van der Waals surface area contributed by atoms with Crippen molar-refractivity contribution in [3.63, 3.8) is 0 Å². The van der Waals surface area contributed by atoms with Gasteiger partial charge in [0.25, 0.3) is 5.91 Å². The van der Waals surface area contributed by atoms with Crippen LogP contribution in [-0.2, 0) is 4.79 Å². The van der Waals surface area contributed by atoms with Gasteiger partial charge in [-0.3, -0.25) is 14.9 Å². The minimum absolute atomic E-state index is 0.0346. The van der Waals surface area contributed by atoms with Crippen LogP contribution in [-0.4, -0.2) is 22.4 Å². The molecule has 0 atom stereocenters. The molecule has 4 rings (SSSR count). The van der Waals surface area contributed by atoms with Crippen molar-refractivity contribution in [3.8, 4) is 17.2 Å². The highest BCUT2D eigenvalue weighted by molar-refractivity contribution is 5.94. The van der Waals surface area contributed by atoms with Gasteiger partial charge in [-0.1, -0.05) is 29.8 Å². The summed E-state index contributed by atoms with van der Waals surface area (Å²) in [6.45, 7) is 1.63. The molecule has 0 unspecified atom stereocenters. The van der Waals surface area contributed by atoms with Crippen LogP contribution in [0, 0.1) is 17.0 Å². The number of ether oxygens (including phenoxy) is 1. The predicted octanol–water partition coefficient (Wildman–Crippen LogP) is 4.73. The van der Waals surface area contributed by atoms with Crippen LogP contribution < -0.4 is 10.1 Å². The molecular formula is C22H17N3O5. The number of fused-ring (bicyclic) bond motifs is 1. The van der Waals surface area contributed by atoms with Crippen molar-refractivity contribution in [3.05, 3.63) is 82.4 Å². The summed E-state index contributed by atoms with van der Waals surface area (Å²) in [5.74, 6) is 0.0826. The largest absolute Gasteiger partial charge is 0.477 e. The summed E-state index contributed by atoms with van der Waals surface area (Å²) in [6, 6.07) is 18.8. The Bertz CT molecular complexity index is 1250. The van der Waals surface area contributed by atoms with Crippen molar-refractivity contribution in [1.29, 1.82) is 0 Å². The SMILES string of the molecule is Cc1cccc(-c2nc3cc(NC(=O)COc4ccccc4[N+](=O)[O-])ccc3o2)c1. The molecule has 1 N–H and O–H groups in total. The Hall–Kier alpha value is -4.20. The summed E-state index contributed by atoms with van der Waals surface area (Å²) in [5, 5.41) is 13.7. The number of oxazole rings is 1. The van der Waals surface area contributed by atoms with E-state index in [9.17, 15) is 14.9 Å². The number of rotatable bonds is 6. The van der Waals surface area contributed by atoms with Crippen molar-refractivity contribution in [1.82, 2.24) is 4.98 Å². The van der Waals surface area contributed by atoms with Gasteiger partial charge < -0.3 is 14.5 Å². The monoisotopic (exact) mass is 403 g/mol. The molecule has 8 heteroatoms. The maximum absolute atomic E-state index is 12.2. The molecule has 0 radical (unpaired) electrons. The first-order valence-corrected chi connectivity index (χ1v) is 9.13. The van der Waals surface area contributed by atoms with Gasteiger partial charge in [0.15, 0.2) is 17.9 Å². The van der Waals surface area contributed by atoms with Crippen LogP contribution in [0.4, 0.5) is 11.4 Å². The smallest absolute Gasteiger partial charge is 0.310 e. The van der Waals surface area contributed by atoms with Crippen LogP contribution in [0.2, 0.25) is 0 Å². The van der Waals surface area contributed by atoms with E-state index in [0.717, 1.165) is 11.1 Å². The summed E-state index contributed by atoms with van der Waals surface area (Å²) in [7, 11) is 0. The Morgan fingerprint density at radius 1 is 1.13 bits per heavy atom. The molecule has 1 amide bonds. The molecule has 1 aromatic heterocycles. The van der Waals surface area contributed by atoms with E-state index >= 15 is 0 Å². The average molecular weight is 403 g/mol. The van der Waals surface area contributed by atoms with Crippen molar-refractivity contribution in [2.45, 2.75) is 6.92 Å². The number of carbonyl (C=O) groups is 1. The molecular weight excluding hydrogens is 386 g/mol. The zero-order valence-electron chi connectivity index (χ0n) is 16.0. The molecule has 0 aliphatic rings. The second kappa shape index (κ2) is 8.04. The summed E-state index contributed by atoms with van der Waals surface area (Å²) >= 11 is 0. The first kappa shape index (κ1) is 19.1. The van der Waals surface area contributed by atoms with E-state index in [0.29, 0.717) is 22.7 Å². The van der Waals surface area contributed by atoms with Gasteiger partial charge in [0.2, 0.25) is 5.89 Å². The van der Waals surface area contributed by atoms with Gasteiger partial charge in [0.05, 0.1) is 4.92 Å². The molecule has 0 aliphatic heterocycles. The molecule has 0 saturated carbocycles. The predicted molar refractivity (Wildman–Crippen MR) is 111 cm³/mol. The van der Waals surface area contributed by atoms with Gasteiger partial charge in [0, 0.05) is 17.3 Å². The van der Waals surface area contributed by atoms with E-state index in [2.05, 4.69) is 10.3 Å². The number of amides is 1. The van der Waals surface area contributed by atoms with Gasteiger partial charge in [-0.2, -0.15) is 0 Å². The van der Waals surface area contributed by atoms with Gasteiger partial charge in [-0.15, -0.1) is 0 Å². The van der Waals surface area contributed by atoms with Crippen LogP contribution in [0.25, 0.3) is 22.6 Å². The van der Waals surface area contributed by atoms with E-state index in [-0.39, 0.29) is 18.0 Å². The van der Waals surface area contributed by atoms with Gasteiger partial charge in [-0.25, -0.2) is 4.98 Å². The number of aryl methyl sites for hydroxylation is 1. The van der Waals surface area contributed by atoms with Crippen molar-refractivity contribution < 1.29 is 18.9 Å². The number of hydrogen-bond donors (Lipinski definition) is 1. The van der Waals surface area contributed by atoms with Crippen LogP contribution in [0.15, 0.2) is 71.1 Å². The highest BCUT2D eigenvalue weighted by Gasteiger charge is 2.15. The lowest BCUT2D eigenvalue weighted by Crippen LogP contribution is -2.20. The maximum Gasteiger partial charge on any atom is 0.310 e. The standard InChI is InChI=1S/C22H17N3O5/c1-14-5-4-6-15(11-14)22-24-17-12-16(9-10-19(17)30-22)23-21(26)13-29-20-8-3-2-7-18(20)25(27)28/h2-12H,13H2,1H3,(H,23,26). The molecule has 0 aliphatic carbocycles. The molecule has 4 aromatic rings. The molecule has 1 heterocycles. The molecule has 8 nitrogen and oxygen atoms in total. The topological polar surface area (TPSA) is 108 Å². The Kier molecular flexibility index (Phi) is 5.13. The first-order valence-electron chi connectivity index (χ1n) is 9.13. The first-order chi connectivity index (χ1) is 14.5. The number of nitrogens with zero attached hydrogens (tertiary/aromatic N) is 2. The van der Waals surface area contributed by atoms with E-state index in [1.807, 2.05) is 31.2 Å². The molecule has 0 bridgehead atoms. The van der Waals surface area contributed by atoms with Gasteiger partial charge >= 0.3 is 5.69 Å². The second-order valence-electron chi connectivity index (χ2n) is 6.63. The number of hydrogen-bond acceptors (Lipinski definition) is 6. The number of para-hydroxylation sites is 2. The third kappa shape index (κ3) is 4.12. The second-order valence-corrected chi connectivity index (χ2v) is 6.63. The highest BCUT2D eigenvalue weighted by atomic mass is 16.6. The highest BCUT2D eigenvalue weighted by Crippen LogP contribution is 2.27. The Morgan fingerprint density at radius 3 is 2.77 bits per heavy atom. The lowest BCUT2D eigenvalue weighted by atomic mass is 10.1. The van der Waals surface area contributed by atoms with Crippen LogP contribution in [0.3, 0.4) is 0 Å². The fourth-order valence-corrected chi connectivity index (χ4v) is 2.98. The average Bonchev–Trinajstić information content (AvgIpc) is 3.16. The number of anilines is 1.